The second-order valence-corrected chi connectivity index (χ2v) is 5.74. The van der Waals surface area contributed by atoms with Gasteiger partial charge < -0.3 is 40.0 Å². The molecule has 0 bridgehead atoms. The van der Waals surface area contributed by atoms with Crippen molar-refractivity contribution in [3.63, 3.8) is 0 Å². The van der Waals surface area contributed by atoms with Crippen LogP contribution < -0.4 is 5.32 Å². The minimum Gasteiger partial charge on any atom is -0.477 e. The lowest BCUT2D eigenvalue weighted by Crippen LogP contribution is -2.67. The van der Waals surface area contributed by atoms with Crippen molar-refractivity contribution in [2.75, 3.05) is 13.7 Å². The van der Waals surface area contributed by atoms with Gasteiger partial charge in [-0.05, 0) is 0 Å². The largest absolute Gasteiger partial charge is 0.477 e. The number of amides is 1. The fraction of sp³-hybridized carbons (Fsp3) is 0.786. The number of aliphatic carboxylic acids is 1. The molecular formula is C14H23NO10. The summed E-state index contributed by atoms with van der Waals surface area (Å²) in [6.07, 6.45) is -6.59. The second-order valence-electron chi connectivity index (χ2n) is 5.74. The number of esters is 1. The number of methoxy groups -OCH3 is 1. The van der Waals surface area contributed by atoms with Crippen LogP contribution in [0.4, 0.5) is 0 Å². The molecule has 0 aromatic rings. The Bertz CT molecular complexity index is 512. The van der Waals surface area contributed by atoms with Gasteiger partial charge in [-0.25, -0.2) is 4.79 Å². The van der Waals surface area contributed by atoms with E-state index in [1.165, 1.54) is 7.11 Å². The quantitative estimate of drug-likeness (QED) is 0.300. The molecule has 1 amide bonds. The van der Waals surface area contributed by atoms with Crippen LogP contribution in [0.1, 0.15) is 20.3 Å². The van der Waals surface area contributed by atoms with Crippen molar-refractivity contribution in [1.29, 1.82) is 0 Å². The first-order valence-electron chi connectivity index (χ1n) is 7.44. The molecule has 1 rings (SSSR count). The van der Waals surface area contributed by atoms with Crippen molar-refractivity contribution in [1.82, 2.24) is 5.32 Å². The molecule has 1 unspecified atom stereocenters. The molecule has 1 aliphatic rings. The predicted octanol–water partition coefficient (Wildman–Crippen LogP) is -2.65. The van der Waals surface area contributed by atoms with Gasteiger partial charge in [0, 0.05) is 27.4 Å². The van der Waals surface area contributed by atoms with Gasteiger partial charge in [-0.3, -0.25) is 9.59 Å². The fourth-order valence-electron chi connectivity index (χ4n) is 2.53. The zero-order chi connectivity index (χ0) is 19.4. The number of carbonyl (C=O) groups excluding carboxylic acids is 2. The van der Waals surface area contributed by atoms with Gasteiger partial charge in [-0.2, -0.15) is 0 Å². The van der Waals surface area contributed by atoms with E-state index in [0.717, 1.165) is 13.8 Å². The Morgan fingerprint density at radius 2 is 1.96 bits per heavy atom. The highest BCUT2D eigenvalue weighted by atomic mass is 16.7. The number of nitrogens with one attached hydrogen (secondary N) is 1. The number of carboxylic acid groups (broad SMARTS) is 1. The summed E-state index contributed by atoms with van der Waals surface area (Å²) in [5.74, 6) is -5.74. The molecule has 1 heterocycles. The zero-order valence-electron chi connectivity index (χ0n) is 14.0. The molecule has 6 atom stereocenters. The van der Waals surface area contributed by atoms with Gasteiger partial charge in [0.15, 0.2) is 0 Å². The number of hydrogen-bond acceptors (Lipinski definition) is 9. The Morgan fingerprint density at radius 3 is 2.40 bits per heavy atom. The first-order valence-corrected chi connectivity index (χ1v) is 7.44. The summed E-state index contributed by atoms with van der Waals surface area (Å²) < 4.78 is 14.8. The normalized spacial score (nSPS) is 31.7. The molecule has 0 spiro atoms. The van der Waals surface area contributed by atoms with Crippen molar-refractivity contribution in [2.45, 2.75) is 56.5 Å². The van der Waals surface area contributed by atoms with Gasteiger partial charge in [0.2, 0.25) is 5.91 Å². The Kier molecular flexibility index (Phi) is 7.26. The molecule has 11 heteroatoms. The number of aliphatic hydroxyl groups excluding tert-OH is 2. The maximum atomic E-state index is 11.3. The van der Waals surface area contributed by atoms with E-state index in [1.807, 2.05) is 0 Å². The fourth-order valence-corrected chi connectivity index (χ4v) is 2.53. The minimum atomic E-state index is -2.76. The molecule has 11 nitrogen and oxygen atoms in total. The van der Waals surface area contributed by atoms with Crippen LogP contribution in [0.25, 0.3) is 0 Å². The number of carbonyl (C=O) groups is 3. The summed E-state index contributed by atoms with van der Waals surface area (Å²) in [6, 6.07) is -1.22. The molecule has 0 aliphatic carbocycles. The van der Waals surface area contributed by atoms with E-state index in [0.29, 0.717) is 0 Å². The first kappa shape index (κ1) is 21.3. The van der Waals surface area contributed by atoms with Crippen molar-refractivity contribution >= 4 is 17.8 Å². The van der Waals surface area contributed by atoms with E-state index in [2.05, 4.69) is 5.32 Å². The van der Waals surface area contributed by atoms with Gasteiger partial charge in [0.05, 0.1) is 12.1 Å². The number of aliphatic hydroxyl groups is 3. The maximum absolute atomic E-state index is 11.3. The molecular weight excluding hydrogens is 342 g/mol. The molecule has 0 radical (unpaired) electrons. The molecule has 1 aliphatic heterocycles. The van der Waals surface area contributed by atoms with Crippen LogP contribution >= 0.6 is 0 Å². The van der Waals surface area contributed by atoms with Gasteiger partial charge in [-0.15, -0.1) is 0 Å². The van der Waals surface area contributed by atoms with E-state index >= 15 is 0 Å². The third-order valence-electron chi connectivity index (χ3n) is 3.76. The van der Waals surface area contributed by atoms with Crippen LogP contribution in [0.3, 0.4) is 0 Å². The van der Waals surface area contributed by atoms with Crippen LogP contribution in [-0.2, 0) is 28.6 Å². The topological polar surface area (TPSA) is 172 Å². The highest BCUT2D eigenvalue weighted by Crippen LogP contribution is 2.31. The van der Waals surface area contributed by atoms with Gasteiger partial charge in [0.1, 0.15) is 24.9 Å². The summed E-state index contributed by atoms with van der Waals surface area (Å²) in [5, 5.41) is 42.1. The lowest BCUT2D eigenvalue weighted by atomic mass is 9.88. The average molecular weight is 365 g/mol. The highest BCUT2D eigenvalue weighted by Gasteiger charge is 2.54. The van der Waals surface area contributed by atoms with Crippen LogP contribution in [0, 0.1) is 0 Å². The van der Waals surface area contributed by atoms with Crippen LogP contribution in [0.15, 0.2) is 0 Å². The average Bonchev–Trinajstić information content (AvgIpc) is 2.49. The van der Waals surface area contributed by atoms with Crippen molar-refractivity contribution in [3.8, 4) is 0 Å². The standard InChI is InChI=1S/C14H23NO10/c1-6(16)15-10-8(18)4-14(22,13(20)21)25-12(10)11(19)9(23-3)5-24-7(2)17/h8-12,18-19,22H,4-5H2,1-3H3,(H,15,16)(H,20,21)/t8-,9+,10+,11+,12+,14?/m0/s1. The molecule has 0 aromatic heterocycles. The lowest BCUT2D eigenvalue weighted by molar-refractivity contribution is -0.295. The Hall–Kier alpha value is -1.79. The summed E-state index contributed by atoms with van der Waals surface area (Å²) in [7, 11) is 1.20. The highest BCUT2D eigenvalue weighted by molar-refractivity contribution is 5.76. The van der Waals surface area contributed by atoms with E-state index in [-0.39, 0.29) is 6.61 Å². The number of rotatable bonds is 7. The molecule has 144 valence electrons. The van der Waals surface area contributed by atoms with Crippen molar-refractivity contribution in [2.24, 2.45) is 0 Å². The number of ether oxygens (including phenoxy) is 3. The molecule has 1 fully saturated rings. The second kappa shape index (κ2) is 8.54. The van der Waals surface area contributed by atoms with E-state index in [1.54, 1.807) is 0 Å². The number of hydrogen-bond donors (Lipinski definition) is 5. The van der Waals surface area contributed by atoms with Gasteiger partial charge in [-0.1, -0.05) is 0 Å². The van der Waals surface area contributed by atoms with Crippen LogP contribution in [-0.4, -0.2) is 88.2 Å². The minimum absolute atomic E-state index is 0.388. The van der Waals surface area contributed by atoms with E-state index in [9.17, 15) is 29.7 Å². The van der Waals surface area contributed by atoms with Gasteiger partial charge in [0.25, 0.3) is 5.79 Å². The summed E-state index contributed by atoms with van der Waals surface area (Å²) in [6.45, 7) is 1.91. The third kappa shape index (κ3) is 5.34. The number of carboxylic acids is 1. The first-order chi connectivity index (χ1) is 11.5. The van der Waals surface area contributed by atoms with Crippen LogP contribution in [0.5, 0.6) is 0 Å². The van der Waals surface area contributed by atoms with Gasteiger partial charge >= 0.3 is 11.9 Å². The molecule has 25 heavy (non-hydrogen) atoms. The maximum Gasteiger partial charge on any atom is 0.364 e. The smallest absolute Gasteiger partial charge is 0.364 e. The molecule has 5 N–H and O–H groups in total. The summed E-state index contributed by atoms with van der Waals surface area (Å²) in [5.41, 5.74) is 0. The zero-order valence-corrected chi connectivity index (χ0v) is 14.0. The molecule has 1 saturated heterocycles. The van der Waals surface area contributed by atoms with Crippen molar-refractivity contribution in [3.05, 3.63) is 0 Å². The summed E-state index contributed by atoms with van der Waals surface area (Å²) in [4.78, 5) is 33.5. The SMILES string of the molecule is CO[C@H](COC(C)=O)[C@@H](O)[C@@H]1OC(O)(C(=O)O)C[C@H](O)[C@H]1NC(C)=O. The van der Waals surface area contributed by atoms with E-state index in [4.69, 9.17) is 19.3 Å². The van der Waals surface area contributed by atoms with Crippen LogP contribution in [0.2, 0.25) is 0 Å². The summed E-state index contributed by atoms with van der Waals surface area (Å²) >= 11 is 0. The Balaban J connectivity index is 3.08. The van der Waals surface area contributed by atoms with Crippen molar-refractivity contribution < 1.29 is 49.0 Å². The lowest BCUT2D eigenvalue weighted by Gasteiger charge is -2.45. The monoisotopic (exact) mass is 365 g/mol. The Labute approximate surface area is 143 Å². The molecule has 0 saturated carbocycles. The van der Waals surface area contributed by atoms with E-state index < -0.39 is 60.5 Å². The Morgan fingerprint density at radius 1 is 1.36 bits per heavy atom. The predicted molar refractivity (Wildman–Crippen MR) is 79.1 cm³/mol. The molecule has 0 aromatic carbocycles. The third-order valence-corrected chi connectivity index (χ3v) is 3.76.